The first-order valence-electron chi connectivity index (χ1n) is 9.35. The van der Waals surface area contributed by atoms with Crippen LogP contribution in [-0.4, -0.2) is 36.0 Å². The van der Waals surface area contributed by atoms with Gasteiger partial charge in [-0.3, -0.25) is 9.36 Å². The van der Waals surface area contributed by atoms with Gasteiger partial charge in [0.2, 0.25) is 5.91 Å². The number of hydrogen-bond donors (Lipinski definition) is 1. The molecule has 0 bridgehead atoms. The standard InChI is InChI=1S/C20H17F3N6OS2/c1-28-8-3-6-14(28)11-16-26-27-19(32-12-17(30)25-18-24-7-9-31-18)29(16)15-5-2-4-13(10-15)20(21,22)23/h2-10H,11-12H2,1H3,(H,24,25,30). The average Bonchev–Trinajstić information content (AvgIpc) is 3.49. The molecule has 3 aromatic heterocycles. The smallest absolute Gasteiger partial charge is 0.354 e. The van der Waals surface area contributed by atoms with E-state index in [4.69, 9.17) is 0 Å². The Balaban J connectivity index is 1.64. The van der Waals surface area contributed by atoms with E-state index < -0.39 is 11.7 Å². The van der Waals surface area contributed by atoms with Crippen molar-refractivity contribution in [2.24, 2.45) is 7.05 Å². The Hall–Kier alpha value is -3.12. The number of benzene rings is 1. The molecule has 0 saturated heterocycles. The highest BCUT2D eigenvalue weighted by Crippen LogP contribution is 2.32. The second kappa shape index (κ2) is 9.17. The third kappa shape index (κ3) is 5.02. The van der Waals surface area contributed by atoms with Crippen LogP contribution in [0, 0.1) is 0 Å². The molecule has 0 aliphatic rings. The molecule has 3 heterocycles. The first-order valence-corrected chi connectivity index (χ1v) is 11.2. The van der Waals surface area contributed by atoms with Crippen molar-refractivity contribution < 1.29 is 18.0 Å². The lowest BCUT2D eigenvalue weighted by atomic mass is 10.2. The van der Waals surface area contributed by atoms with Crippen molar-refractivity contribution in [1.29, 1.82) is 0 Å². The predicted octanol–water partition coefficient (Wildman–Crippen LogP) is 4.40. The first-order chi connectivity index (χ1) is 15.3. The van der Waals surface area contributed by atoms with Crippen LogP contribution in [0.4, 0.5) is 18.3 Å². The van der Waals surface area contributed by atoms with Crippen molar-refractivity contribution in [2.45, 2.75) is 17.8 Å². The van der Waals surface area contributed by atoms with Crippen LogP contribution in [0.15, 0.2) is 59.3 Å². The van der Waals surface area contributed by atoms with E-state index in [0.29, 0.717) is 22.5 Å². The number of anilines is 1. The second-order valence-electron chi connectivity index (χ2n) is 6.74. The summed E-state index contributed by atoms with van der Waals surface area (Å²) in [5, 5.41) is 13.6. The lowest BCUT2D eigenvalue weighted by Gasteiger charge is -2.13. The summed E-state index contributed by atoms with van der Waals surface area (Å²) in [5.74, 6) is 0.169. The van der Waals surface area contributed by atoms with E-state index in [-0.39, 0.29) is 17.3 Å². The van der Waals surface area contributed by atoms with Crippen molar-refractivity contribution in [3.8, 4) is 5.69 Å². The van der Waals surface area contributed by atoms with Gasteiger partial charge in [-0.25, -0.2) is 4.98 Å². The molecule has 0 saturated carbocycles. The highest BCUT2D eigenvalue weighted by atomic mass is 32.2. The predicted molar refractivity (Wildman–Crippen MR) is 116 cm³/mol. The molecule has 0 radical (unpaired) electrons. The molecule has 32 heavy (non-hydrogen) atoms. The fourth-order valence-electron chi connectivity index (χ4n) is 3.00. The van der Waals surface area contributed by atoms with Gasteiger partial charge in [0.05, 0.1) is 17.0 Å². The van der Waals surface area contributed by atoms with E-state index in [0.717, 1.165) is 29.6 Å². The van der Waals surface area contributed by atoms with Crippen LogP contribution in [-0.2, 0) is 24.4 Å². The first kappa shape index (κ1) is 22.1. The molecule has 0 atom stereocenters. The van der Waals surface area contributed by atoms with Crippen LogP contribution >= 0.6 is 23.1 Å². The van der Waals surface area contributed by atoms with Crippen molar-refractivity contribution in [2.75, 3.05) is 11.1 Å². The van der Waals surface area contributed by atoms with Crippen LogP contribution < -0.4 is 5.32 Å². The molecular weight excluding hydrogens is 461 g/mol. The molecular formula is C20H17F3N6OS2. The summed E-state index contributed by atoms with van der Waals surface area (Å²) in [4.78, 5) is 16.2. The summed E-state index contributed by atoms with van der Waals surface area (Å²) in [7, 11) is 1.87. The van der Waals surface area contributed by atoms with E-state index in [1.807, 2.05) is 29.9 Å². The van der Waals surface area contributed by atoms with Gasteiger partial charge in [0.15, 0.2) is 10.3 Å². The maximum atomic E-state index is 13.3. The monoisotopic (exact) mass is 478 g/mol. The minimum absolute atomic E-state index is 0.000823. The minimum atomic E-state index is -4.48. The van der Waals surface area contributed by atoms with E-state index >= 15 is 0 Å². The van der Waals surface area contributed by atoms with Crippen LogP contribution in [0.3, 0.4) is 0 Å². The number of hydrogen-bond acceptors (Lipinski definition) is 6. The molecule has 166 valence electrons. The molecule has 12 heteroatoms. The van der Waals surface area contributed by atoms with Crippen molar-refractivity contribution >= 4 is 34.1 Å². The van der Waals surface area contributed by atoms with Gasteiger partial charge in [-0.1, -0.05) is 17.8 Å². The van der Waals surface area contributed by atoms with Gasteiger partial charge in [-0.15, -0.1) is 21.5 Å². The van der Waals surface area contributed by atoms with E-state index in [1.54, 1.807) is 22.2 Å². The van der Waals surface area contributed by atoms with Crippen LogP contribution in [0.5, 0.6) is 0 Å². The lowest BCUT2D eigenvalue weighted by Crippen LogP contribution is -2.14. The Kier molecular flexibility index (Phi) is 6.33. The largest absolute Gasteiger partial charge is 0.416 e. The van der Waals surface area contributed by atoms with Gasteiger partial charge in [0.25, 0.3) is 0 Å². The SMILES string of the molecule is Cn1cccc1Cc1nnc(SCC(=O)Nc2nccs2)n1-c1cccc(C(F)(F)F)c1. The lowest BCUT2D eigenvalue weighted by molar-refractivity contribution is -0.137. The van der Waals surface area contributed by atoms with Gasteiger partial charge in [-0.05, 0) is 30.3 Å². The summed E-state index contributed by atoms with van der Waals surface area (Å²) in [6.07, 6.45) is -0.672. The molecule has 0 aliphatic carbocycles. The Morgan fingerprint density at radius 1 is 1.22 bits per heavy atom. The number of aryl methyl sites for hydroxylation is 1. The summed E-state index contributed by atoms with van der Waals surface area (Å²) in [5.41, 5.74) is 0.423. The number of halogens is 3. The van der Waals surface area contributed by atoms with Crippen LogP contribution in [0.1, 0.15) is 17.1 Å². The van der Waals surface area contributed by atoms with Crippen LogP contribution in [0.2, 0.25) is 0 Å². The Morgan fingerprint density at radius 2 is 2.06 bits per heavy atom. The topological polar surface area (TPSA) is 77.6 Å². The zero-order valence-corrected chi connectivity index (χ0v) is 18.3. The maximum Gasteiger partial charge on any atom is 0.416 e. The van der Waals surface area contributed by atoms with E-state index in [2.05, 4.69) is 20.5 Å². The van der Waals surface area contributed by atoms with Crippen molar-refractivity contribution in [1.82, 2.24) is 24.3 Å². The number of nitrogens with one attached hydrogen (secondary N) is 1. The molecule has 1 N–H and O–H groups in total. The molecule has 0 fully saturated rings. The summed E-state index contributed by atoms with van der Waals surface area (Å²) in [6.45, 7) is 0. The number of alkyl halides is 3. The number of carbonyl (C=O) groups excluding carboxylic acids is 1. The Bertz CT molecular complexity index is 1220. The summed E-state index contributed by atoms with van der Waals surface area (Å²) < 4.78 is 43.3. The number of thioether (sulfide) groups is 1. The molecule has 1 aromatic carbocycles. The van der Waals surface area contributed by atoms with Crippen LogP contribution in [0.25, 0.3) is 5.69 Å². The molecule has 0 unspecified atom stereocenters. The molecule has 0 aliphatic heterocycles. The van der Waals surface area contributed by atoms with Gasteiger partial charge in [-0.2, -0.15) is 13.2 Å². The molecule has 0 spiro atoms. The number of carbonyl (C=O) groups is 1. The maximum absolute atomic E-state index is 13.3. The summed E-state index contributed by atoms with van der Waals surface area (Å²) >= 11 is 2.38. The number of rotatable bonds is 7. The molecule has 4 rings (SSSR count). The highest BCUT2D eigenvalue weighted by molar-refractivity contribution is 7.99. The zero-order chi connectivity index (χ0) is 22.7. The quantitative estimate of drug-likeness (QED) is 0.399. The zero-order valence-electron chi connectivity index (χ0n) is 16.7. The minimum Gasteiger partial charge on any atom is -0.354 e. The Morgan fingerprint density at radius 3 is 2.75 bits per heavy atom. The fourth-order valence-corrected chi connectivity index (χ4v) is 4.32. The number of thiazole rings is 1. The molecule has 1 amide bonds. The van der Waals surface area contributed by atoms with Gasteiger partial charge in [0, 0.05) is 36.9 Å². The number of nitrogens with zero attached hydrogens (tertiary/aromatic N) is 5. The van der Waals surface area contributed by atoms with Gasteiger partial charge >= 0.3 is 6.18 Å². The molecule has 7 nitrogen and oxygen atoms in total. The van der Waals surface area contributed by atoms with Crippen molar-refractivity contribution in [3.05, 3.63) is 71.3 Å². The molecule has 4 aromatic rings. The highest BCUT2D eigenvalue weighted by Gasteiger charge is 2.31. The third-order valence-corrected chi connectivity index (χ3v) is 6.15. The second-order valence-corrected chi connectivity index (χ2v) is 8.58. The van der Waals surface area contributed by atoms with E-state index in [9.17, 15) is 18.0 Å². The van der Waals surface area contributed by atoms with Gasteiger partial charge < -0.3 is 9.88 Å². The van der Waals surface area contributed by atoms with Gasteiger partial charge in [0.1, 0.15) is 5.82 Å². The average molecular weight is 479 g/mol. The normalized spacial score (nSPS) is 11.6. The fraction of sp³-hybridized carbons (Fsp3) is 0.200. The number of aromatic nitrogens is 5. The van der Waals surface area contributed by atoms with Crippen molar-refractivity contribution in [3.63, 3.8) is 0 Å². The number of amides is 1. The van der Waals surface area contributed by atoms with E-state index in [1.165, 1.54) is 17.4 Å². The Labute approximate surface area is 189 Å². The summed E-state index contributed by atoms with van der Waals surface area (Å²) in [6, 6.07) is 8.75. The third-order valence-electron chi connectivity index (χ3n) is 4.53.